The van der Waals surface area contributed by atoms with E-state index in [0.29, 0.717) is 10.8 Å². The van der Waals surface area contributed by atoms with Gasteiger partial charge in [-0.1, -0.05) is 41.9 Å². The number of nitrogen functional groups attached to an aromatic ring is 1. The van der Waals surface area contributed by atoms with E-state index >= 15 is 0 Å². The van der Waals surface area contributed by atoms with Gasteiger partial charge in [0.05, 0.1) is 5.69 Å². The molecule has 0 bridgehead atoms. The molecule has 3 heteroatoms. The normalized spacial score (nSPS) is 10.2. The maximum absolute atomic E-state index is 5.75. The third-order valence-corrected chi connectivity index (χ3v) is 2.49. The number of rotatable bonds is 2. The zero-order chi connectivity index (χ0) is 10.7. The van der Waals surface area contributed by atoms with Gasteiger partial charge in [-0.05, 0) is 23.6 Å². The first-order chi connectivity index (χ1) is 7.25. The van der Waals surface area contributed by atoms with E-state index in [0.717, 1.165) is 12.0 Å². The molecule has 2 rings (SSSR count). The molecule has 0 aliphatic heterocycles. The topological polar surface area (TPSA) is 38.9 Å². The van der Waals surface area contributed by atoms with Crippen LogP contribution in [0.2, 0.25) is 5.15 Å². The van der Waals surface area contributed by atoms with E-state index in [1.54, 1.807) is 6.20 Å². The largest absolute Gasteiger partial charge is 0.396 e. The number of nitrogens with two attached hydrogens (primary N) is 1. The van der Waals surface area contributed by atoms with E-state index in [1.165, 1.54) is 5.56 Å². The van der Waals surface area contributed by atoms with Crippen LogP contribution in [0.3, 0.4) is 0 Å². The summed E-state index contributed by atoms with van der Waals surface area (Å²) in [5.74, 6) is 0. The molecule has 0 atom stereocenters. The minimum Gasteiger partial charge on any atom is -0.396 e. The maximum Gasteiger partial charge on any atom is 0.151 e. The Morgan fingerprint density at radius 3 is 2.53 bits per heavy atom. The molecule has 0 amide bonds. The fourth-order valence-corrected chi connectivity index (χ4v) is 1.54. The molecule has 0 radical (unpaired) electrons. The van der Waals surface area contributed by atoms with Crippen LogP contribution in [0.4, 0.5) is 5.69 Å². The minimum atomic E-state index is 0.367. The Labute approximate surface area is 93.7 Å². The summed E-state index contributed by atoms with van der Waals surface area (Å²) in [6.45, 7) is 0. The highest BCUT2D eigenvalue weighted by molar-refractivity contribution is 6.31. The van der Waals surface area contributed by atoms with Crippen LogP contribution in [0.5, 0.6) is 0 Å². The van der Waals surface area contributed by atoms with Gasteiger partial charge in [-0.15, -0.1) is 0 Å². The first-order valence-electron chi connectivity index (χ1n) is 4.69. The van der Waals surface area contributed by atoms with Crippen molar-refractivity contribution in [2.45, 2.75) is 6.42 Å². The molecule has 76 valence electrons. The van der Waals surface area contributed by atoms with Gasteiger partial charge in [0.2, 0.25) is 0 Å². The molecule has 1 aromatic heterocycles. The zero-order valence-corrected chi connectivity index (χ0v) is 8.91. The fourth-order valence-electron chi connectivity index (χ4n) is 1.44. The van der Waals surface area contributed by atoms with Crippen molar-refractivity contribution in [3.05, 3.63) is 58.9 Å². The maximum atomic E-state index is 5.75. The second-order valence-electron chi connectivity index (χ2n) is 3.39. The number of benzene rings is 1. The summed E-state index contributed by atoms with van der Waals surface area (Å²) in [7, 11) is 0. The second kappa shape index (κ2) is 4.32. The summed E-state index contributed by atoms with van der Waals surface area (Å²) in [6.07, 6.45) is 2.58. The predicted octanol–water partition coefficient (Wildman–Crippen LogP) is 2.91. The van der Waals surface area contributed by atoms with Gasteiger partial charge in [0.1, 0.15) is 0 Å². The van der Waals surface area contributed by atoms with Gasteiger partial charge in [0, 0.05) is 6.20 Å². The average Bonchev–Trinajstić information content (AvgIpc) is 2.25. The standard InChI is InChI=1S/C12H11ClN2/c13-12-11(14)7-10(8-15-12)6-9-4-2-1-3-5-9/h1-5,7-8H,6,14H2. The van der Waals surface area contributed by atoms with Crippen molar-refractivity contribution in [1.82, 2.24) is 4.98 Å². The molecular weight excluding hydrogens is 208 g/mol. The summed E-state index contributed by atoms with van der Waals surface area (Å²) in [6, 6.07) is 12.0. The van der Waals surface area contributed by atoms with Crippen LogP contribution in [0.15, 0.2) is 42.6 Å². The third-order valence-electron chi connectivity index (χ3n) is 2.17. The number of hydrogen-bond acceptors (Lipinski definition) is 2. The zero-order valence-electron chi connectivity index (χ0n) is 8.15. The Balaban J connectivity index is 2.22. The van der Waals surface area contributed by atoms with Crippen LogP contribution in [0, 0.1) is 0 Å². The van der Waals surface area contributed by atoms with Gasteiger partial charge < -0.3 is 5.73 Å². The van der Waals surface area contributed by atoms with E-state index in [2.05, 4.69) is 17.1 Å². The van der Waals surface area contributed by atoms with Crippen LogP contribution in [-0.4, -0.2) is 4.98 Å². The van der Waals surface area contributed by atoms with E-state index in [4.69, 9.17) is 17.3 Å². The van der Waals surface area contributed by atoms with Crippen molar-refractivity contribution in [3.8, 4) is 0 Å². The molecular formula is C12H11ClN2. The quantitative estimate of drug-likeness (QED) is 0.788. The van der Waals surface area contributed by atoms with Crippen molar-refractivity contribution in [3.63, 3.8) is 0 Å². The number of aromatic nitrogens is 1. The van der Waals surface area contributed by atoms with E-state index < -0.39 is 0 Å². The highest BCUT2D eigenvalue weighted by Crippen LogP contribution is 2.18. The van der Waals surface area contributed by atoms with Crippen molar-refractivity contribution < 1.29 is 0 Å². The predicted molar refractivity (Wildman–Crippen MR) is 62.9 cm³/mol. The van der Waals surface area contributed by atoms with Gasteiger partial charge in [-0.2, -0.15) is 0 Å². The summed E-state index contributed by atoms with van der Waals surface area (Å²) in [5, 5.41) is 0.367. The Kier molecular flexibility index (Phi) is 2.88. The van der Waals surface area contributed by atoms with Crippen LogP contribution < -0.4 is 5.73 Å². The molecule has 1 heterocycles. The van der Waals surface area contributed by atoms with Crippen molar-refractivity contribution in [2.24, 2.45) is 0 Å². The number of halogens is 1. The van der Waals surface area contributed by atoms with Crippen LogP contribution >= 0.6 is 11.6 Å². The van der Waals surface area contributed by atoms with Gasteiger partial charge in [-0.3, -0.25) is 0 Å². The number of anilines is 1. The van der Waals surface area contributed by atoms with Gasteiger partial charge in [-0.25, -0.2) is 4.98 Å². The Morgan fingerprint density at radius 1 is 1.13 bits per heavy atom. The summed E-state index contributed by atoms with van der Waals surface area (Å²) in [5.41, 5.74) is 8.52. The second-order valence-corrected chi connectivity index (χ2v) is 3.74. The fraction of sp³-hybridized carbons (Fsp3) is 0.0833. The molecule has 0 aliphatic rings. The lowest BCUT2D eigenvalue weighted by Gasteiger charge is -2.03. The highest BCUT2D eigenvalue weighted by atomic mass is 35.5. The van der Waals surface area contributed by atoms with Crippen LogP contribution in [0.25, 0.3) is 0 Å². The molecule has 0 fully saturated rings. The Hall–Kier alpha value is -1.54. The van der Waals surface area contributed by atoms with Crippen molar-refractivity contribution in [2.75, 3.05) is 5.73 Å². The van der Waals surface area contributed by atoms with Gasteiger partial charge in [0.15, 0.2) is 5.15 Å². The first kappa shape index (κ1) is 9.99. The summed E-state index contributed by atoms with van der Waals surface area (Å²) >= 11 is 5.75. The molecule has 0 saturated carbocycles. The van der Waals surface area contributed by atoms with Crippen molar-refractivity contribution in [1.29, 1.82) is 0 Å². The minimum absolute atomic E-state index is 0.367. The van der Waals surface area contributed by atoms with Gasteiger partial charge >= 0.3 is 0 Å². The average molecular weight is 219 g/mol. The van der Waals surface area contributed by atoms with E-state index in [1.807, 2.05) is 24.3 Å². The SMILES string of the molecule is Nc1cc(Cc2ccccc2)cnc1Cl. The van der Waals surface area contributed by atoms with Crippen LogP contribution in [0.1, 0.15) is 11.1 Å². The lowest BCUT2D eigenvalue weighted by molar-refractivity contribution is 1.15. The van der Waals surface area contributed by atoms with Crippen LogP contribution in [-0.2, 0) is 6.42 Å². The lowest BCUT2D eigenvalue weighted by Crippen LogP contribution is -1.94. The summed E-state index contributed by atoms with van der Waals surface area (Å²) in [4.78, 5) is 4.02. The number of hydrogen-bond donors (Lipinski definition) is 1. The number of nitrogens with zero attached hydrogens (tertiary/aromatic N) is 1. The molecule has 2 nitrogen and oxygen atoms in total. The van der Waals surface area contributed by atoms with E-state index in [9.17, 15) is 0 Å². The molecule has 1 aromatic carbocycles. The summed E-state index contributed by atoms with van der Waals surface area (Å²) < 4.78 is 0. The van der Waals surface area contributed by atoms with E-state index in [-0.39, 0.29) is 0 Å². The molecule has 0 spiro atoms. The number of pyridine rings is 1. The van der Waals surface area contributed by atoms with Crippen molar-refractivity contribution >= 4 is 17.3 Å². The molecule has 2 N–H and O–H groups in total. The highest BCUT2D eigenvalue weighted by Gasteiger charge is 2.00. The molecule has 15 heavy (non-hydrogen) atoms. The third kappa shape index (κ3) is 2.48. The van der Waals surface area contributed by atoms with Gasteiger partial charge in [0.25, 0.3) is 0 Å². The molecule has 2 aromatic rings. The smallest absolute Gasteiger partial charge is 0.151 e. The monoisotopic (exact) mass is 218 g/mol. The molecule has 0 aliphatic carbocycles. The lowest BCUT2D eigenvalue weighted by atomic mass is 10.1. The Morgan fingerprint density at radius 2 is 1.87 bits per heavy atom. The first-order valence-corrected chi connectivity index (χ1v) is 5.07. The molecule has 0 saturated heterocycles. The molecule has 0 unspecified atom stereocenters. The Bertz CT molecular complexity index is 454.